The summed E-state index contributed by atoms with van der Waals surface area (Å²) in [6, 6.07) is 0. The van der Waals surface area contributed by atoms with Gasteiger partial charge in [-0.25, -0.2) is 0 Å². The van der Waals surface area contributed by atoms with Gasteiger partial charge in [0.15, 0.2) is 0 Å². The second-order valence-corrected chi connectivity index (χ2v) is 1.46. The summed E-state index contributed by atoms with van der Waals surface area (Å²) in [5.41, 5.74) is 0. The Labute approximate surface area is 48.9 Å². The van der Waals surface area contributed by atoms with E-state index in [0.29, 0.717) is 5.88 Å². The van der Waals surface area contributed by atoms with Gasteiger partial charge in [0, 0.05) is 5.88 Å². The highest BCUT2D eigenvalue weighted by Crippen LogP contribution is 1.85. The lowest BCUT2D eigenvalue weighted by molar-refractivity contribution is 0.336. The van der Waals surface area contributed by atoms with Crippen molar-refractivity contribution in [2.75, 3.05) is 13.0 Å². The van der Waals surface area contributed by atoms with Crippen molar-refractivity contribution in [1.29, 1.82) is 0 Å². The fraction of sp³-hybridized carbons (Fsp3) is 0.600. The predicted molar refractivity (Wildman–Crippen MR) is 31.5 cm³/mol. The highest BCUT2D eigenvalue weighted by molar-refractivity contribution is 6.17. The molecule has 0 aliphatic carbocycles. The van der Waals surface area contributed by atoms with E-state index in [1.54, 1.807) is 13.4 Å². The van der Waals surface area contributed by atoms with Gasteiger partial charge < -0.3 is 4.74 Å². The van der Waals surface area contributed by atoms with Crippen LogP contribution in [0.15, 0.2) is 12.3 Å². The maximum Gasteiger partial charge on any atom is 0.0785 e. The molecule has 0 aromatic carbocycles. The first-order chi connectivity index (χ1) is 3.41. The van der Waals surface area contributed by atoms with Gasteiger partial charge >= 0.3 is 0 Å². The fourth-order valence-electron chi connectivity index (χ4n) is 0.227. The summed E-state index contributed by atoms with van der Waals surface area (Å²) in [5, 5.41) is 0. The first-order valence-electron chi connectivity index (χ1n) is 2.15. The van der Waals surface area contributed by atoms with E-state index >= 15 is 0 Å². The SMILES string of the molecule is COC=CCCCl. The van der Waals surface area contributed by atoms with Crippen LogP contribution in [0.4, 0.5) is 0 Å². The molecule has 0 saturated heterocycles. The molecule has 0 amide bonds. The smallest absolute Gasteiger partial charge is 0.0785 e. The fourth-order valence-corrected chi connectivity index (χ4v) is 0.353. The molecule has 1 nitrogen and oxygen atoms in total. The number of allylic oxidation sites excluding steroid dienone is 1. The monoisotopic (exact) mass is 120 g/mol. The average molecular weight is 121 g/mol. The molecule has 0 saturated carbocycles. The third kappa shape index (κ3) is 5.83. The van der Waals surface area contributed by atoms with Crippen molar-refractivity contribution in [3.05, 3.63) is 12.3 Å². The summed E-state index contributed by atoms with van der Waals surface area (Å²) >= 11 is 5.33. The molecule has 0 atom stereocenters. The lowest BCUT2D eigenvalue weighted by Crippen LogP contribution is -1.67. The Morgan fingerprint density at radius 2 is 2.43 bits per heavy atom. The number of alkyl halides is 1. The van der Waals surface area contributed by atoms with Crippen LogP contribution in [-0.4, -0.2) is 13.0 Å². The van der Waals surface area contributed by atoms with Crippen molar-refractivity contribution in [1.82, 2.24) is 0 Å². The van der Waals surface area contributed by atoms with Gasteiger partial charge in [-0.05, 0) is 12.5 Å². The van der Waals surface area contributed by atoms with E-state index < -0.39 is 0 Å². The van der Waals surface area contributed by atoms with Crippen LogP contribution in [0.25, 0.3) is 0 Å². The lowest BCUT2D eigenvalue weighted by Gasteiger charge is -1.82. The van der Waals surface area contributed by atoms with Crippen LogP contribution < -0.4 is 0 Å². The van der Waals surface area contributed by atoms with Crippen molar-refractivity contribution in [3.8, 4) is 0 Å². The second-order valence-electron chi connectivity index (χ2n) is 1.09. The van der Waals surface area contributed by atoms with Gasteiger partial charge in [0.05, 0.1) is 13.4 Å². The Morgan fingerprint density at radius 1 is 1.71 bits per heavy atom. The number of hydrogen-bond donors (Lipinski definition) is 0. The minimum absolute atomic E-state index is 0.667. The molecule has 0 spiro atoms. The number of halogens is 1. The van der Waals surface area contributed by atoms with E-state index in [1.165, 1.54) is 0 Å². The number of ether oxygens (including phenoxy) is 1. The van der Waals surface area contributed by atoms with Gasteiger partial charge in [0.2, 0.25) is 0 Å². The van der Waals surface area contributed by atoms with Crippen LogP contribution in [-0.2, 0) is 4.74 Å². The topological polar surface area (TPSA) is 9.23 Å². The molecule has 0 unspecified atom stereocenters. The predicted octanol–water partition coefficient (Wildman–Crippen LogP) is 1.78. The van der Waals surface area contributed by atoms with Crippen molar-refractivity contribution < 1.29 is 4.74 Å². The van der Waals surface area contributed by atoms with Crippen LogP contribution in [0.1, 0.15) is 6.42 Å². The van der Waals surface area contributed by atoms with Crippen molar-refractivity contribution in [3.63, 3.8) is 0 Å². The molecular weight excluding hydrogens is 112 g/mol. The molecule has 0 aliphatic heterocycles. The van der Waals surface area contributed by atoms with Gasteiger partial charge in [0.25, 0.3) is 0 Å². The third-order valence-electron chi connectivity index (χ3n) is 0.508. The Morgan fingerprint density at radius 3 is 2.86 bits per heavy atom. The molecule has 42 valence electrons. The van der Waals surface area contributed by atoms with Crippen LogP contribution in [0.5, 0.6) is 0 Å². The highest BCUT2D eigenvalue weighted by Gasteiger charge is 1.69. The maximum absolute atomic E-state index is 5.33. The van der Waals surface area contributed by atoms with Gasteiger partial charge in [0.1, 0.15) is 0 Å². The molecule has 0 heterocycles. The van der Waals surface area contributed by atoms with Crippen molar-refractivity contribution in [2.24, 2.45) is 0 Å². The normalized spacial score (nSPS) is 10.0. The standard InChI is InChI=1S/C5H9ClO/c1-7-5-3-2-4-6/h3,5H,2,4H2,1H3. The Hall–Kier alpha value is -0.170. The summed E-state index contributed by atoms with van der Waals surface area (Å²) in [6.07, 6.45) is 4.39. The van der Waals surface area contributed by atoms with Crippen molar-refractivity contribution >= 4 is 11.6 Å². The zero-order valence-electron chi connectivity index (χ0n) is 4.36. The van der Waals surface area contributed by atoms with Gasteiger partial charge in [-0.3, -0.25) is 0 Å². The summed E-state index contributed by atoms with van der Waals surface area (Å²) in [6.45, 7) is 0. The molecule has 0 aliphatic rings. The van der Waals surface area contributed by atoms with Crippen molar-refractivity contribution in [2.45, 2.75) is 6.42 Å². The van der Waals surface area contributed by atoms with E-state index in [-0.39, 0.29) is 0 Å². The molecule has 7 heavy (non-hydrogen) atoms. The first-order valence-corrected chi connectivity index (χ1v) is 2.69. The molecule has 2 heteroatoms. The largest absolute Gasteiger partial charge is 0.505 e. The van der Waals surface area contributed by atoms with Gasteiger partial charge in [-0.1, -0.05) is 0 Å². The minimum atomic E-state index is 0.667. The maximum atomic E-state index is 5.33. The molecule has 0 fully saturated rings. The zero-order valence-corrected chi connectivity index (χ0v) is 5.11. The zero-order chi connectivity index (χ0) is 5.54. The molecule has 0 aromatic rings. The van der Waals surface area contributed by atoms with E-state index in [4.69, 9.17) is 11.6 Å². The number of rotatable bonds is 3. The molecular formula is C5H9ClO. The molecule has 0 bridgehead atoms. The Kier molecular flexibility index (Phi) is 5.69. The van der Waals surface area contributed by atoms with E-state index in [2.05, 4.69) is 4.74 Å². The minimum Gasteiger partial charge on any atom is -0.505 e. The number of methoxy groups -OCH3 is 1. The first kappa shape index (κ1) is 6.83. The Balaban J connectivity index is 2.78. The molecule has 0 aromatic heterocycles. The van der Waals surface area contributed by atoms with Crippen LogP contribution in [0.2, 0.25) is 0 Å². The quantitative estimate of drug-likeness (QED) is 0.408. The van der Waals surface area contributed by atoms with Gasteiger partial charge in [-0.2, -0.15) is 0 Å². The number of hydrogen-bond acceptors (Lipinski definition) is 1. The highest BCUT2D eigenvalue weighted by atomic mass is 35.5. The average Bonchev–Trinajstić information content (AvgIpc) is 1.69. The lowest BCUT2D eigenvalue weighted by atomic mass is 10.5. The summed E-state index contributed by atoms with van der Waals surface area (Å²) < 4.78 is 4.60. The van der Waals surface area contributed by atoms with E-state index in [9.17, 15) is 0 Å². The van der Waals surface area contributed by atoms with Gasteiger partial charge in [-0.15, -0.1) is 11.6 Å². The summed E-state index contributed by atoms with van der Waals surface area (Å²) in [5.74, 6) is 0.667. The molecule has 0 rings (SSSR count). The van der Waals surface area contributed by atoms with Crippen LogP contribution >= 0.6 is 11.6 Å². The Bertz CT molecular complexity index is 52.0. The molecule has 0 N–H and O–H groups in total. The summed E-state index contributed by atoms with van der Waals surface area (Å²) in [7, 11) is 1.62. The van der Waals surface area contributed by atoms with Crippen LogP contribution in [0.3, 0.4) is 0 Å². The van der Waals surface area contributed by atoms with Crippen LogP contribution in [0, 0.1) is 0 Å². The third-order valence-corrected chi connectivity index (χ3v) is 0.726. The van der Waals surface area contributed by atoms with E-state index in [0.717, 1.165) is 6.42 Å². The molecule has 0 radical (unpaired) electrons. The second kappa shape index (κ2) is 5.83. The van der Waals surface area contributed by atoms with E-state index in [1.807, 2.05) is 6.08 Å². The summed E-state index contributed by atoms with van der Waals surface area (Å²) in [4.78, 5) is 0.